The predicted octanol–water partition coefficient (Wildman–Crippen LogP) is 6.58. The van der Waals surface area contributed by atoms with E-state index in [1.54, 1.807) is 0 Å². The van der Waals surface area contributed by atoms with Crippen LogP contribution in [0, 0.1) is 10.5 Å². The van der Waals surface area contributed by atoms with Crippen molar-refractivity contribution in [2.75, 3.05) is 0 Å². The molecule has 0 aliphatic heterocycles. The van der Waals surface area contributed by atoms with Crippen molar-refractivity contribution in [3.8, 4) is 22.4 Å². The van der Waals surface area contributed by atoms with Crippen molar-refractivity contribution in [3.63, 3.8) is 0 Å². The van der Waals surface area contributed by atoms with Crippen LogP contribution in [0.1, 0.15) is 5.69 Å². The highest BCUT2D eigenvalue weighted by Crippen LogP contribution is 2.41. The maximum Gasteiger partial charge on any atom is 0.0697 e. The van der Waals surface area contributed by atoms with Gasteiger partial charge < -0.3 is 4.57 Å². The van der Waals surface area contributed by atoms with Crippen LogP contribution < -0.4 is 0 Å². The molecule has 2 aromatic carbocycles. The van der Waals surface area contributed by atoms with Gasteiger partial charge in [-0.05, 0) is 64.9 Å². The molecule has 0 N–H and O–H groups in total. The Morgan fingerprint density at radius 1 is 0.955 bits per heavy atom. The first-order chi connectivity index (χ1) is 10.5. The molecule has 0 radical (unpaired) electrons. The summed E-state index contributed by atoms with van der Waals surface area (Å²) < 4.78 is 3.33. The minimum absolute atomic E-state index is 0.733. The molecule has 0 spiro atoms. The first kappa shape index (κ1) is 15.9. The van der Waals surface area contributed by atoms with Crippen LogP contribution in [0.5, 0.6) is 0 Å². The van der Waals surface area contributed by atoms with E-state index >= 15 is 0 Å². The maximum absolute atomic E-state index is 6.64. The third-order valence-electron chi connectivity index (χ3n) is 3.84. The molecular formula is C18H14Cl2IN. The molecule has 0 bridgehead atoms. The van der Waals surface area contributed by atoms with Gasteiger partial charge in [-0.1, -0.05) is 47.5 Å². The lowest BCUT2D eigenvalue weighted by Gasteiger charge is -2.09. The maximum atomic E-state index is 6.64. The Labute approximate surface area is 154 Å². The van der Waals surface area contributed by atoms with Gasteiger partial charge in [0.15, 0.2) is 0 Å². The quantitative estimate of drug-likeness (QED) is 0.396. The minimum Gasteiger partial charge on any atom is -0.346 e. The van der Waals surface area contributed by atoms with Crippen molar-refractivity contribution >= 4 is 45.8 Å². The van der Waals surface area contributed by atoms with Crippen LogP contribution in [0.3, 0.4) is 0 Å². The Hall–Kier alpha value is -0.970. The van der Waals surface area contributed by atoms with Crippen molar-refractivity contribution in [2.24, 2.45) is 7.05 Å². The molecule has 3 rings (SSSR count). The van der Waals surface area contributed by atoms with Crippen molar-refractivity contribution in [2.45, 2.75) is 6.92 Å². The fraction of sp³-hybridized carbons (Fsp3) is 0.111. The Morgan fingerprint density at radius 2 is 1.64 bits per heavy atom. The van der Waals surface area contributed by atoms with Crippen LogP contribution in [0.2, 0.25) is 10.0 Å². The summed E-state index contributed by atoms with van der Waals surface area (Å²) in [7, 11) is 2.04. The van der Waals surface area contributed by atoms with E-state index in [2.05, 4.69) is 51.4 Å². The van der Waals surface area contributed by atoms with Gasteiger partial charge in [0.05, 0.1) is 10.7 Å². The van der Waals surface area contributed by atoms with Crippen LogP contribution in [-0.2, 0) is 7.05 Å². The zero-order chi connectivity index (χ0) is 15.9. The Balaban J connectivity index is 2.30. The molecule has 0 fully saturated rings. The van der Waals surface area contributed by atoms with Crippen LogP contribution in [0.4, 0.5) is 0 Å². The third-order valence-corrected chi connectivity index (χ3v) is 5.23. The van der Waals surface area contributed by atoms with Crippen LogP contribution in [0.25, 0.3) is 22.4 Å². The molecule has 0 unspecified atom stereocenters. The minimum atomic E-state index is 0.733. The third kappa shape index (κ3) is 2.80. The Bertz CT molecular complexity index is 835. The van der Waals surface area contributed by atoms with Crippen LogP contribution in [0.15, 0.2) is 48.5 Å². The van der Waals surface area contributed by atoms with Gasteiger partial charge in [0, 0.05) is 26.9 Å². The molecule has 0 saturated carbocycles. The largest absolute Gasteiger partial charge is 0.346 e. The summed E-state index contributed by atoms with van der Waals surface area (Å²) in [6.45, 7) is 2.04. The van der Waals surface area contributed by atoms with E-state index in [1.807, 2.05) is 38.2 Å². The van der Waals surface area contributed by atoms with Gasteiger partial charge in [0.25, 0.3) is 0 Å². The smallest absolute Gasteiger partial charge is 0.0697 e. The van der Waals surface area contributed by atoms with E-state index < -0.39 is 0 Å². The van der Waals surface area contributed by atoms with E-state index in [-0.39, 0.29) is 0 Å². The lowest BCUT2D eigenvalue weighted by atomic mass is 10.0. The zero-order valence-electron chi connectivity index (χ0n) is 12.2. The predicted molar refractivity (Wildman–Crippen MR) is 104 cm³/mol. The first-order valence-corrected chi connectivity index (χ1v) is 8.69. The average Bonchev–Trinajstić information content (AvgIpc) is 2.72. The fourth-order valence-electron chi connectivity index (χ4n) is 2.62. The van der Waals surface area contributed by atoms with E-state index in [4.69, 9.17) is 23.2 Å². The normalized spacial score (nSPS) is 11.0. The zero-order valence-corrected chi connectivity index (χ0v) is 15.9. The highest BCUT2D eigenvalue weighted by Gasteiger charge is 2.20. The van der Waals surface area contributed by atoms with E-state index in [1.165, 1.54) is 3.57 Å². The Morgan fingerprint density at radius 3 is 2.27 bits per heavy atom. The van der Waals surface area contributed by atoms with Gasteiger partial charge in [0.1, 0.15) is 0 Å². The number of nitrogens with zero attached hydrogens (tertiary/aromatic N) is 1. The number of aromatic nitrogens is 1. The second-order valence-corrected chi connectivity index (χ2v) is 7.26. The number of rotatable bonds is 2. The SMILES string of the molecule is Cc1c(Cl)c(-c2cccc(I)c2)c(-c2ccc(Cl)cc2)n1C. The van der Waals surface area contributed by atoms with Gasteiger partial charge >= 0.3 is 0 Å². The van der Waals surface area contributed by atoms with Crippen molar-refractivity contribution in [1.82, 2.24) is 4.57 Å². The summed E-state index contributed by atoms with van der Waals surface area (Å²) in [6, 6.07) is 16.3. The number of benzene rings is 2. The molecule has 0 aliphatic rings. The van der Waals surface area contributed by atoms with E-state index in [0.717, 1.165) is 38.1 Å². The molecule has 22 heavy (non-hydrogen) atoms. The van der Waals surface area contributed by atoms with Crippen LogP contribution >= 0.6 is 45.8 Å². The second-order valence-electron chi connectivity index (χ2n) is 5.20. The summed E-state index contributed by atoms with van der Waals surface area (Å²) in [5.41, 5.74) is 5.48. The molecule has 112 valence electrons. The van der Waals surface area contributed by atoms with Gasteiger partial charge in [-0.25, -0.2) is 0 Å². The Kier molecular flexibility index (Phi) is 4.53. The van der Waals surface area contributed by atoms with E-state index in [9.17, 15) is 0 Å². The molecule has 4 heteroatoms. The molecule has 0 amide bonds. The molecule has 1 aromatic heterocycles. The van der Waals surface area contributed by atoms with Gasteiger partial charge in [0.2, 0.25) is 0 Å². The highest BCUT2D eigenvalue weighted by atomic mass is 127. The lowest BCUT2D eigenvalue weighted by Crippen LogP contribution is -1.94. The van der Waals surface area contributed by atoms with Crippen LogP contribution in [-0.4, -0.2) is 4.57 Å². The first-order valence-electron chi connectivity index (χ1n) is 6.85. The molecular weight excluding hydrogens is 428 g/mol. The highest BCUT2D eigenvalue weighted by molar-refractivity contribution is 14.1. The number of hydrogen-bond acceptors (Lipinski definition) is 0. The second kappa shape index (κ2) is 6.26. The number of hydrogen-bond donors (Lipinski definition) is 0. The monoisotopic (exact) mass is 441 g/mol. The van der Waals surface area contributed by atoms with Crippen molar-refractivity contribution in [1.29, 1.82) is 0 Å². The molecule has 1 heterocycles. The van der Waals surface area contributed by atoms with Crippen molar-refractivity contribution in [3.05, 3.63) is 67.8 Å². The molecule has 3 aromatic rings. The lowest BCUT2D eigenvalue weighted by molar-refractivity contribution is 0.891. The molecule has 1 nitrogen and oxygen atoms in total. The van der Waals surface area contributed by atoms with E-state index in [0.29, 0.717) is 0 Å². The summed E-state index contributed by atoms with van der Waals surface area (Å²) in [6.07, 6.45) is 0. The topological polar surface area (TPSA) is 4.93 Å². The van der Waals surface area contributed by atoms with Crippen molar-refractivity contribution < 1.29 is 0 Å². The molecule has 0 atom stereocenters. The summed E-state index contributed by atoms with van der Waals surface area (Å²) in [4.78, 5) is 0. The summed E-state index contributed by atoms with van der Waals surface area (Å²) >= 11 is 15.0. The van der Waals surface area contributed by atoms with Gasteiger partial charge in [-0.3, -0.25) is 0 Å². The summed E-state index contributed by atoms with van der Waals surface area (Å²) in [5, 5.41) is 1.53. The standard InChI is InChI=1S/C18H14Cl2IN/c1-11-17(20)16(13-4-3-5-15(21)10-13)18(22(11)2)12-6-8-14(19)9-7-12/h3-10H,1-2H3. The van der Waals surface area contributed by atoms with Gasteiger partial charge in [-0.2, -0.15) is 0 Å². The summed E-state index contributed by atoms with van der Waals surface area (Å²) in [5.74, 6) is 0. The molecule has 0 saturated heterocycles. The average molecular weight is 442 g/mol. The number of halogens is 3. The molecule has 0 aliphatic carbocycles. The van der Waals surface area contributed by atoms with Gasteiger partial charge in [-0.15, -0.1) is 0 Å². The fourth-order valence-corrected chi connectivity index (χ4v) is 3.62.